The van der Waals surface area contributed by atoms with Gasteiger partial charge < -0.3 is 15.2 Å². The van der Waals surface area contributed by atoms with E-state index >= 15 is 0 Å². The number of para-hydroxylation sites is 1. The standard InChI is InChI=1S/C19H21NO4/c1-13(19(22)23)14(2)20-18(21)17(15-9-5-3-6-10-15)24-16-11-7-4-8-12-16/h3-14,17H,1-2H3,(H,20,21)(H,22,23). The lowest BCUT2D eigenvalue weighted by Gasteiger charge is -2.23. The van der Waals surface area contributed by atoms with Gasteiger partial charge in [-0.15, -0.1) is 0 Å². The van der Waals surface area contributed by atoms with Crippen molar-refractivity contribution in [2.75, 3.05) is 0 Å². The summed E-state index contributed by atoms with van der Waals surface area (Å²) in [5.74, 6) is -1.45. The minimum atomic E-state index is -0.956. The van der Waals surface area contributed by atoms with Gasteiger partial charge in [0, 0.05) is 11.6 Å². The van der Waals surface area contributed by atoms with Gasteiger partial charge in [0.15, 0.2) is 0 Å². The summed E-state index contributed by atoms with van der Waals surface area (Å²) in [6.45, 7) is 3.23. The number of hydrogen-bond donors (Lipinski definition) is 2. The molecule has 2 aromatic rings. The first-order chi connectivity index (χ1) is 11.5. The normalized spacial score (nSPS) is 14.2. The third-order valence-electron chi connectivity index (χ3n) is 3.85. The summed E-state index contributed by atoms with van der Waals surface area (Å²) in [7, 11) is 0. The molecule has 24 heavy (non-hydrogen) atoms. The molecule has 0 bridgehead atoms. The fourth-order valence-corrected chi connectivity index (χ4v) is 2.17. The number of carboxylic acids is 1. The van der Waals surface area contributed by atoms with Crippen molar-refractivity contribution in [3.05, 3.63) is 66.2 Å². The van der Waals surface area contributed by atoms with E-state index in [0.29, 0.717) is 11.3 Å². The van der Waals surface area contributed by atoms with E-state index in [2.05, 4.69) is 5.32 Å². The van der Waals surface area contributed by atoms with Crippen LogP contribution in [0.1, 0.15) is 25.5 Å². The average Bonchev–Trinajstić information content (AvgIpc) is 2.60. The van der Waals surface area contributed by atoms with Gasteiger partial charge in [-0.3, -0.25) is 9.59 Å². The summed E-state index contributed by atoms with van der Waals surface area (Å²) in [6.07, 6.45) is -0.850. The highest BCUT2D eigenvalue weighted by Gasteiger charge is 2.27. The highest BCUT2D eigenvalue weighted by atomic mass is 16.5. The lowest BCUT2D eigenvalue weighted by Crippen LogP contribution is -2.43. The highest BCUT2D eigenvalue weighted by Crippen LogP contribution is 2.22. The van der Waals surface area contributed by atoms with Crippen molar-refractivity contribution in [2.24, 2.45) is 5.92 Å². The van der Waals surface area contributed by atoms with E-state index in [4.69, 9.17) is 9.84 Å². The van der Waals surface area contributed by atoms with Gasteiger partial charge in [-0.1, -0.05) is 48.5 Å². The van der Waals surface area contributed by atoms with Gasteiger partial charge in [0.2, 0.25) is 6.10 Å². The van der Waals surface area contributed by atoms with Gasteiger partial charge >= 0.3 is 5.97 Å². The number of hydrogen-bond acceptors (Lipinski definition) is 3. The first-order valence-electron chi connectivity index (χ1n) is 7.79. The number of benzene rings is 2. The molecule has 0 aliphatic carbocycles. The Morgan fingerprint density at radius 3 is 2.04 bits per heavy atom. The van der Waals surface area contributed by atoms with Gasteiger partial charge in [-0.05, 0) is 26.0 Å². The molecule has 2 rings (SSSR count). The zero-order valence-corrected chi connectivity index (χ0v) is 13.7. The smallest absolute Gasteiger partial charge is 0.308 e. The van der Waals surface area contributed by atoms with E-state index in [1.54, 1.807) is 38.1 Å². The van der Waals surface area contributed by atoms with Crippen LogP contribution in [0.25, 0.3) is 0 Å². The Kier molecular flexibility index (Phi) is 5.95. The molecule has 0 aromatic heterocycles. The molecule has 3 atom stereocenters. The van der Waals surface area contributed by atoms with Crippen molar-refractivity contribution >= 4 is 11.9 Å². The average molecular weight is 327 g/mol. The minimum absolute atomic E-state index is 0.370. The van der Waals surface area contributed by atoms with Crippen LogP contribution >= 0.6 is 0 Å². The SMILES string of the molecule is CC(NC(=O)C(Oc1ccccc1)c1ccccc1)C(C)C(=O)O. The lowest BCUT2D eigenvalue weighted by atomic mass is 10.0. The molecule has 0 radical (unpaired) electrons. The van der Waals surface area contributed by atoms with E-state index in [-0.39, 0.29) is 5.91 Å². The molecule has 5 nitrogen and oxygen atoms in total. The number of rotatable bonds is 7. The number of carboxylic acid groups (broad SMARTS) is 1. The van der Waals surface area contributed by atoms with Gasteiger partial charge in [-0.2, -0.15) is 0 Å². The number of amides is 1. The van der Waals surface area contributed by atoms with Crippen LogP contribution in [-0.4, -0.2) is 23.0 Å². The largest absolute Gasteiger partial charge is 0.481 e. The molecule has 0 aliphatic heterocycles. The summed E-state index contributed by atoms with van der Waals surface area (Å²) in [5, 5.41) is 11.8. The summed E-state index contributed by atoms with van der Waals surface area (Å²) in [6, 6.07) is 17.7. The molecule has 0 spiro atoms. The second-order valence-corrected chi connectivity index (χ2v) is 5.65. The molecule has 2 aromatic carbocycles. The van der Waals surface area contributed by atoms with Crippen molar-refractivity contribution in [1.82, 2.24) is 5.32 Å². The van der Waals surface area contributed by atoms with Crippen LogP contribution in [0.5, 0.6) is 5.75 Å². The number of aliphatic carboxylic acids is 1. The number of ether oxygens (including phenoxy) is 1. The summed E-state index contributed by atoms with van der Waals surface area (Å²) >= 11 is 0. The molecule has 5 heteroatoms. The highest BCUT2D eigenvalue weighted by molar-refractivity contribution is 5.83. The third-order valence-corrected chi connectivity index (χ3v) is 3.85. The second-order valence-electron chi connectivity index (χ2n) is 5.65. The Balaban J connectivity index is 2.19. The fourth-order valence-electron chi connectivity index (χ4n) is 2.17. The van der Waals surface area contributed by atoms with Gasteiger partial charge in [0.1, 0.15) is 5.75 Å². The molecule has 0 saturated carbocycles. The van der Waals surface area contributed by atoms with Gasteiger partial charge in [0.05, 0.1) is 5.92 Å². The quantitative estimate of drug-likeness (QED) is 0.819. The van der Waals surface area contributed by atoms with Gasteiger partial charge in [-0.25, -0.2) is 0 Å². The Hall–Kier alpha value is -2.82. The first-order valence-corrected chi connectivity index (χ1v) is 7.79. The van der Waals surface area contributed by atoms with Crippen molar-refractivity contribution in [1.29, 1.82) is 0 Å². The third kappa shape index (κ3) is 4.59. The topological polar surface area (TPSA) is 75.6 Å². The van der Waals surface area contributed by atoms with Crippen molar-refractivity contribution in [3.8, 4) is 5.75 Å². The predicted octanol–water partition coefficient (Wildman–Crippen LogP) is 3.03. The van der Waals surface area contributed by atoms with E-state index in [9.17, 15) is 9.59 Å². The number of carbonyl (C=O) groups excluding carboxylic acids is 1. The van der Waals surface area contributed by atoms with Crippen LogP contribution in [0, 0.1) is 5.92 Å². The summed E-state index contributed by atoms with van der Waals surface area (Å²) in [5.41, 5.74) is 0.703. The zero-order valence-electron chi connectivity index (χ0n) is 13.7. The summed E-state index contributed by atoms with van der Waals surface area (Å²) in [4.78, 5) is 23.7. The molecule has 0 fully saturated rings. The van der Waals surface area contributed by atoms with E-state index in [1.165, 1.54) is 0 Å². The monoisotopic (exact) mass is 327 g/mol. The van der Waals surface area contributed by atoms with Crippen LogP contribution in [0.15, 0.2) is 60.7 Å². The van der Waals surface area contributed by atoms with Crippen LogP contribution in [0.4, 0.5) is 0 Å². The molecule has 0 aliphatic rings. The molecule has 3 unspecified atom stereocenters. The molecular formula is C19H21NO4. The van der Waals surface area contributed by atoms with Crippen molar-refractivity contribution < 1.29 is 19.4 Å². The zero-order chi connectivity index (χ0) is 17.5. The number of carbonyl (C=O) groups is 2. The van der Waals surface area contributed by atoms with Crippen LogP contribution in [-0.2, 0) is 9.59 Å². The maximum Gasteiger partial charge on any atom is 0.308 e. The maximum absolute atomic E-state index is 12.7. The molecule has 2 N–H and O–H groups in total. The Labute approximate surface area is 141 Å². The Morgan fingerprint density at radius 2 is 1.50 bits per heavy atom. The molecular weight excluding hydrogens is 306 g/mol. The molecule has 126 valence electrons. The summed E-state index contributed by atoms with van der Waals surface area (Å²) < 4.78 is 5.84. The Bertz CT molecular complexity index is 672. The van der Waals surface area contributed by atoms with Crippen LogP contribution in [0.3, 0.4) is 0 Å². The van der Waals surface area contributed by atoms with Crippen LogP contribution in [0.2, 0.25) is 0 Å². The fraction of sp³-hybridized carbons (Fsp3) is 0.263. The van der Waals surface area contributed by atoms with E-state index in [0.717, 1.165) is 0 Å². The maximum atomic E-state index is 12.7. The Morgan fingerprint density at radius 1 is 0.958 bits per heavy atom. The minimum Gasteiger partial charge on any atom is -0.481 e. The first kappa shape index (κ1) is 17.5. The van der Waals surface area contributed by atoms with Crippen molar-refractivity contribution in [3.63, 3.8) is 0 Å². The van der Waals surface area contributed by atoms with Crippen molar-refractivity contribution in [2.45, 2.75) is 26.0 Å². The number of nitrogens with one attached hydrogen (secondary N) is 1. The second kappa shape index (κ2) is 8.15. The predicted molar refractivity (Wildman–Crippen MR) is 90.7 cm³/mol. The molecule has 0 heterocycles. The molecule has 1 amide bonds. The van der Waals surface area contributed by atoms with E-state index < -0.39 is 24.0 Å². The van der Waals surface area contributed by atoms with E-state index in [1.807, 2.05) is 36.4 Å². The van der Waals surface area contributed by atoms with Crippen LogP contribution < -0.4 is 10.1 Å². The lowest BCUT2D eigenvalue weighted by molar-refractivity contribution is -0.142. The molecule has 0 saturated heterocycles. The van der Waals surface area contributed by atoms with Gasteiger partial charge in [0.25, 0.3) is 5.91 Å².